The molecule has 0 bridgehead atoms. The minimum Gasteiger partial charge on any atom is -0.455 e. The molecule has 2 heterocycles. The first-order valence-electron chi connectivity index (χ1n) is 16.1. The summed E-state index contributed by atoms with van der Waals surface area (Å²) in [5.41, 5.74) is 8.29. The van der Waals surface area contributed by atoms with Gasteiger partial charge in [-0.15, -0.1) is 0 Å². The summed E-state index contributed by atoms with van der Waals surface area (Å²) in [6.07, 6.45) is 9.26. The van der Waals surface area contributed by atoms with Crippen LogP contribution in [0.1, 0.15) is 23.7 Å². The minimum atomic E-state index is -0.253. The van der Waals surface area contributed by atoms with Crippen LogP contribution in [0.5, 0.6) is 0 Å². The summed E-state index contributed by atoms with van der Waals surface area (Å²) < 4.78 is 6.81. The Kier molecular flexibility index (Phi) is 6.64. The first-order chi connectivity index (χ1) is 23.3. The van der Waals surface area contributed by atoms with Gasteiger partial charge in [0.15, 0.2) is 5.84 Å². The van der Waals surface area contributed by atoms with Crippen LogP contribution >= 0.6 is 0 Å². The van der Waals surface area contributed by atoms with Crippen LogP contribution in [0, 0.1) is 5.92 Å². The molecule has 1 aliphatic heterocycles. The third-order valence-corrected chi connectivity index (χ3v) is 9.24. The molecule has 2 unspecified atom stereocenters. The zero-order chi connectivity index (χ0) is 31.2. The first kappa shape index (κ1) is 27.3. The van der Waals surface area contributed by atoms with E-state index in [1.54, 1.807) is 0 Å². The molecule has 0 saturated carbocycles. The SMILES string of the molecule is C1=CCC(C2=NC(c3ccc(-c4ccc(-c5ccccc5)cc4)c4oc5cc6ccccc6cc5c34)=NC(c3ccccc3)N2)C=C1. The van der Waals surface area contributed by atoms with Crippen LogP contribution in [0.25, 0.3) is 55.0 Å². The second-order valence-electron chi connectivity index (χ2n) is 12.2. The smallest absolute Gasteiger partial charge is 0.159 e. The Bertz CT molecular complexity index is 2400. The van der Waals surface area contributed by atoms with E-state index in [2.05, 4.69) is 151 Å². The number of hydrogen-bond donors (Lipinski definition) is 1. The Morgan fingerprint density at radius 3 is 2.09 bits per heavy atom. The number of furan rings is 1. The molecule has 1 N–H and O–H groups in total. The zero-order valence-electron chi connectivity index (χ0n) is 25.7. The molecule has 2 atom stereocenters. The molecule has 0 amide bonds. The van der Waals surface area contributed by atoms with Crippen LogP contribution in [-0.2, 0) is 0 Å². The maximum atomic E-state index is 6.81. The van der Waals surface area contributed by atoms with Gasteiger partial charge in [-0.1, -0.05) is 133 Å². The maximum absolute atomic E-state index is 6.81. The lowest BCUT2D eigenvalue weighted by atomic mass is 9.95. The highest BCUT2D eigenvalue weighted by molar-refractivity contribution is 6.24. The number of rotatable bonds is 5. The zero-order valence-corrected chi connectivity index (χ0v) is 25.7. The number of allylic oxidation sites excluding steroid dienone is 3. The van der Waals surface area contributed by atoms with Crippen LogP contribution in [0.3, 0.4) is 0 Å². The molecule has 4 heteroatoms. The van der Waals surface area contributed by atoms with Gasteiger partial charge in [0.1, 0.15) is 23.2 Å². The number of aliphatic imine (C=N–C) groups is 2. The molecule has 0 radical (unpaired) electrons. The summed E-state index contributed by atoms with van der Waals surface area (Å²) in [5, 5.41) is 8.06. The molecule has 1 aromatic heterocycles. The molecule has 9 rings (SSSR count). The Labute approximate surface area is 273 Å². The van der Waals surface area contributed by atoms with Crippen molar-refractivity contribution in [1.29, 1.82) is 0 Å². The van der Waals surface area contributed by atoms with Crippen molar-refractivity contribution < 1.29 is 4.42 Å². The van der Waals surface area contributed by atoms with Gasteiger partial charge in [-0.2, -0.15) is 0 Å². The second kappa shape index (κ2) is 11.4. The highest BCUT2D eigenvalue weighted by Gasteiger charge is 2.27. The van der Waals surface area contributed by atoms with Gasteiger partial charge < -0.3 is 9.73 Å². The summed E-state index contributed by atoms with van der Waals surface area (Å²) in [7, 11) is 0. The third kappa shape index (κ3) is 4.95. The molecule has 6 aromatic carbocycles. The molecule has 224 valence electrons. The maximum Gasteiger partial charge on any atom is 0.159 e. The van der Waals surface area contributed by atoms with Gasteiger partial charge in [0.2, 0.25) is 0 Å². The highest BCUT2D eigenvalue weighted by atomic mass is 16.3. The fourth-order valence-corrected chi connectivity index (χ4v) is 6.82. The topological polar surface area (TPSA) is 49.9 Å². The number of fused-ring (bicyclic) bond motifs is 4. The monoisotopic (exact) mass is 605 g/mol. The molecule has 7 aromatic rings. The van der Waals surface area contributed by atoms with Gasteiger partial charge in [0.25, 0.3) is 0 Å². The fraction of sp³-hybridized carbons (Fsp3) is 0.0698. The number of hydrogen-bond acceptors (Lipinski definition) is 4. The minimum absolute atomic E-state index is 0.152. The van der Waals surface area contributed by atoms with Crippen molar-refractivity contribution in [3.8, 4) is 22.3 Å². The molecule has 47 heavy (non-hydrogen) atoms. The number of benzene rings is 6. The molecule has 0 spiro atoms. The summed E-state index contributed by atoms with van der Waals surface area (Å²) in [4.78, 5) is 10.5. The average molecular weight is 606 g/mol. The number of nitrogens with zero attached hydrogens (tertiary/aromatic N) is 2. The van der Waals surface area contributed by atoms with Gasteiger partial charge >= 0.3 is 0 Å². The predicted octanol–water partition coefficient (Wildman–Crippen LogP) is 10.7. The van der Waals surface area contributed by atoms with E-state index in [9.17, 15) is 0 Å². The van der Waals surface area contributed by atoms with Crippen LogP contribution < -0.4 is 5.32 Å². The molecule has 1 aliphatic carbocycles. The molecular weight excluding hydrogens is 574 g/mol. The average Bonchev–Trinajstić information content (AvgIpc) is 3.53. The second-order valence-corrected chi connectivity index (χ2v) is 12.2. The fourth-order valence-electron chi connectivity index (χ4n) is 6.82. The Morgan fingerprint density at radius 2 is 1.32 bits per heavy atom. The summed E-state index contributed by atoms with van der Waals surface area (Å²) in [6, 6.07) is 46.8. The van der Waals surface area contributed by atoms with Crippen molar-refractivity contribution >= 4 is 44.4 Å². The largest absolute Gasteiger partial charge is 0.455 e. The Hall–Kier alpha value is -6.00. The Balaban J connectivity index is 1.26. The van der Waals surface area contributed by atoms with E-state index in [0.29, 0.717) is 5.84 Å². The van der Waals surface area contributed by atoms with Gasteiger partial charge in [0, 0.05) is 27.8 Å². The van der Waals surface area contributed by atoms with E-state index >= 15 is 0 Å². The van der Waals surface area contributed by atoms with Gasteiger partial charge in [-0.25, -0.2) is 9.98 Å². The number of amidine groups is 2. The van der Waals surface area contributed by atoms with Gasteiger partial charge in [-0.3, -0.25) is 0 Å². The lowest BCUT2D eigenvalue weighted by molar-refractivity contribution is 0.642. The van der Waals surface area contributed by atoms with Crippen molar-refractivity contribution in [1.82, 2.24) is 5.32 Å². The van der Waals surface area contributed by atoms with Crippen molar-refractivity contribution in [2.24, 2.45) is 15.9 Å². The third-order valence-electron chi connectivity index (χ3n) is 9.24. The molecule has 0 fully saturated rings. The lowest BCUT2D eigenvalue weighted by Gasteiger charge is -2.27. The molecule has 2 aliphatic rings. The molecule has 4 nitrogen and oxygen atoms in total. The molecular formula is C43H31N3O. The van der Waals surface area contributed by atoms with E-state index in [1.165, 1.54) is 16.5 Å². The summed E-state index contributed by atoms with van der Waals surface area (Å²) >= 11 is 0. The van der Waals surface area contributed by atoms with Crippen LogP contribution in [0.15, 0.2) is 172 Å². The van der Waals surface area contributed by atoms with Crippen molar-refractivity contribution in [2.75, 3.05) is 0 Å². The predicted molar refractivity (Wildman–Crippen MR) is 195 cm³/mol. The van der Waals surface area contributed by atoms with Crippen LogP contribution in [0.2, 0.25) is 0 Å². The summed E-state index contributed by atoms with van der Waals surface area (Å²) in [5.74, 6) is 1.79. The first-order valence-corrected chi connectivity index (χ1v) is 16.1. The van der Waals surface area contributed by atoms with E-state index < -0.39 is 0 Å². The van der Waals surface area contributed by atoms with Gasteiger partial charge in [0.05, 0.1) is 0 Å². The van der Waals surface area contributed by atoms with E-state index in [0.717, 1.165) is 61.8 Å². The van der Waals surface area contributed by atoms with Crippen LogP contribution in [0.4, 0.5) is 0 Å². The van der Waals surface area contributed by atoms with E-state index in [1.807, 2.05) is 12.1 Å². The van der Waals surface area contributed by atoms with Gasteiger partial charge in [-0.05, 0) is 63.7 Å². The summed E-state index contributed by atoms with van der Waals surface area (Å²) in [6.45, 7) is 0. The van der Waals surface area contributed by atoms with Crippen molar-refractivity contribution in [2.45, 2.75) is 12.6 Å². The van der Waals surface area contributed by atoms with E-state index in [4.69, 9.17) is 14.4 Å². The standard InChI is InChI=1S/C43H31N3O/c1-4-12-28(13-5-1)29-20-22-30(23-21-29)35-24-25-36(39-37-26-33-18-10-11-19-34(33)27-38(37)47-40(35)39)43-45-41(31-14-6-2-7-15-31)44-42(46-43)32-16-8-3-9-17-32/h1-16,18-27,32,41H,17H2,(H,44,45,46). The quantitative estimate of drug-likeness (QED) is 0.212. The number of nitrogens with one attached hydrogen (secondary N) is 1. The Morgan fingerprint density at radius 1 is 0.638 bits per heavy atom. The lowest BCUT2D eigenvalue weighted by Crippen LogP contribution is -2.37. The van der Waals surface area contributed by atoms with Crippen LogP contribution in [-0.4, -0.2) is 11.7 Å². The highest BCUT2D eigenvalue weighted by Crippen LogP contribution is 2.41. The molecule has 0 saturated heterocycles. The van der Waals surface area contributed by atoms with Crippen molar-refractivity contribution in [3.05, 3.63) is 169 Å². The van der Waals surface area contributed by atoms with E-state index in [-0.39, 0.29) is 12.1 Å². The van der Waals surface area contributed by atoms with Crippen molar-refractivity contribution in [3.63, 3.8) is 0 Å². The normalized spacial score (nSPS) is 17.5.